The highest BCUT2D eigenvalue weighted by molar-refractivity contribution is 5.68. The summed E-state index contributed by atoms with van der Waals surface area (Å²) in [6.45, 7) is 0. The van der Waals surface area contributed by atoms with Crippen LogP contribution in [-0.2, 0) is 9.59 Å². The minimum Gasteiger partial charge on any atom is -0.481 e. The summed E-state index contributed by atoms with van der Waals surface area (Å²) in [5.74, 6) is -2.45. The van der Waals surface area contributed by atoms with Crippen molar-refractivity contribution >= 4 is 11.9 Å². The van der Waals surface area contributed by atoms with Crippen LogP contribution in [0.3, 0.4) is 0 Å². The van der Waals surface area contributed by atoms with Gasteiger partial charge in [-0.05, 0) is 0 Å². The smallest absolute Gasteiger partial charge is 0.306 e. The summed E-state index contributed by atoms with van der Waals surface area (Å²) in [5.41, 5.74) is 0. The molecule has 8 nitrogen and oxygen atoms in total. The second-order valence-electron chi connectivity index (χ2n) is 2.72. The summed E-state index contributed by atoms with van der Waals surface area (Å²) in [6.07, 6.45) is -1.07. The van der Waals surface area contributed by atoms with Crippen LogP contribution in [0.4, 0.5) is 0 Å². The lowest BCUT2D eigenvalue weighted by Gasteiger charge is -2.00. The SMILES string of the molecule is N#CC(CC(=O)O)N=NC(C#N)CC(=O)O. The molecule has 0 aromatic heterocycles. The predicted molar refractivity (Wildman–Crippen MR) is 48.2 cm³/mol. The van der Waals surface area contributed by atoms with Crippen molar-refractivity contribution < 1.29 is 19.8 Å². The van der Waals surface area contributed by atoms with Crippen molar-refractivity contribution in [3.8, 4) is 12.1 Å². The van der Waals surface area contributed by atoms with E-state index in [1.165, 1.54) is 0 Å². The number of carboxylic acid groups (broad SMARTS) is 2. The lowest BCUT2D eigenvalue weighted by molar-refractivity contribution is -0.138. The van der Waals surface area contributed by atoms with E-state index in [1.807, 2.05) is 0 Å². The van der Waals surface area contributed by atoms with Crippen molar-refractivity contribution in [3.05, 3.63) is 0 Å². The van der Waals surface area contributed by atoms with E-state index in [4.69, 9.17) is 20.7 Å². The largest absolute Gasteiger partial charge is 0.481 e. The number of azo groups is 1. The van der Waals surface area contributed by atoms with Gasteiger partial charge in [0.1, 0.15) is 0 Å². The van der Waals surface area contributed by atoms with Crippen molar-refractivity contribution in [3.63, 3.8) is 0 Å². The van der Waals surface area contributed by atoms with Gasteiger partial charge in [0.2, 0.25) is 0 Å². The fourth-order valence-corrected chi connectivity index (χ4v) is 0.716. The molecule has 2 unspecified atom stereocenters. The molecule has 84 valence electrons. The minimum absolute atomic E-state index is 0.536. The fourth-order valence-electron chi connectivity index (χ4n) is 0.716. The van der Waals surface area contributed by atoms with Gasteiger partial charge < -0.3 is 10.2 Å². The van der Waals surface area contributed by atoms with Crippen LogP contribution in [0.15, 0.2) is 10.2 Å². The number of rotatable bonds is 6. The third kappa shape index (κ3) is 6.05. The first kappa shape index (κ1) is 13.5. The van der Waals surface area contributed by atoms with Crippen LogP contribution in [0.5, 0.6) is 0 Å². The molecule has 0 radical (unpaired) electrons. The molecule has 0 heterocycles. The zero-order valence-corrected chi connectivity index (χ0v) is 8.07. The van der Waals surface area contributed by atoms with Crippen LogP contribution >= 0.6 is 0 Å². The first-order chi connectivity index (χ1) is 7.49. The van der Waals surface area contributed by atoms with E-state index in [-0.39, 0.29) is 0 Å². The number of carbonyl (C=O) groups is 2. The van der Waals surface area contributed by atoms with Gasteiger partial charge >= 0.3 is 11.9 Å². The Balaban J connectivity index is 4.43. The molecular formula is C8H8N4O4. The van der Waals surface area contributed by atoms with Gasteiger partial charge in [-0.2, -0.15) is 20.8 Å². The zero-order chi connectivity index (χ0) is 12.6. The minimum atomic E-state index is -1.22. The van der Waals surface area contributed by atoms with E-state index in [2.05, 4.69) is 10.2 Å². The van der Waals surface area contributed by atoms with Crippen LogP contribution in [0.1, 0.15) is 12.8 Å². The summed E-state index contributed by atoms with van der Waals surface area (Å²) in [5, 5.41) is 40.3. The van der Waals surface area contributed by atoms with E-state index in [0.29, 0.717) is 0 Å². The number of hydrogen-bond donors (Lipinski definition) is 2. The molecule has 2 atom stereocenters. The summed E-state index contributed by atoms with van der Waals surface area (Å²) in [4.78, 5) is 20.5. The van der Waals surface area contributed by atoms with Crippen LogP contribution in [0.2, 0.25) is 0 Å². The summed E-state index contributed by atoms with van der Waals surface area (Å²) in [7, 11) is 0. The molecule has 0 spiro atoms. The average Bonchev–Trinajstić information content (AvgIpc) is 2.20. The van der Waals surface area contributed by atoms with Gasteiger partial charge in [0.05, 0.1) is 25.0 Å². The zero-order valence-electron chi connectivity index (χ0n) is 8.07. The van der Waals surface area contributed by atoms with Crippen molar-refractivity contribution in [2.75, 3.05) is 0 Å². The Morgan fingerprint density at radius 2 is 1.31 bits per heavy atom. The molecule has 0 rings (SSSR count). The van der Waals surface area contributed by atoms with Crippen molar-refractivity contribution in [2.45, 2.75) is 24.9 Å². The molecule has 0 aliphatic carbocycles. The molecule has 0 aromatic carbocycles. The van der Waals surface area contributed by atoms with E-state index in [0.717, 1.165) is 0 Å². The highest BCUT2D eigenvalue weighted by Gasteiger charge is 2.14. The molecule has 0 aliphatic heterocycles. The first-order valence-electron chi connectivity index (χ1n) is 4.12. The van der Waals surface area contributed by atoms with Crippen LogP contribution in [0.25, 0.3) is 0 Å². The second-order valence-corrected chi connectivity index (χ2v) is 2.72. The third-order valence-electron chi connectivity index (χ3n) is 1.38. The fraction of sp³-hybridized carbons (Fsp3) is 0.500. The lowest BCUT2D eigenvalue weighted by Crippen LogP contribution is -2.11. The van der Waals surface area contributed by atoms with E-state index < -0.39 is 36.9 Å². The Morgan fingerprint density at radius 1 is 1.00 bits per heavy atom. The van der Waals surface area contributed by atoms with Crippen LogP contribution < -0.4 is 0 Å². The predicted octanol–water partition coefficient (Wildman–Crippen LogP) is 0.172. The second kappa shape index (κ2) is 6.90. The maximum absolute atomic E-state index is 10.2. The Labute approximate surface area is 90.4 Å². The van der Waals surface area contributed by atoms with Crippen molar-refractivity contribution in [1.82, 2.24) is 0 Å². The van der Waals surface area contributed by atoms with Gasteiger partial charge in [-0.1, -0.05) is 0 Å². The van der Waals surface area contributed by atoms with Crippen molar-refractivity contribution in [2.24, 2.45) is 10.2 Å². The van der Waals surface area contributed by atoms with Gasteiger partial charge in [0, 0.05) is 0 Å². The molecule has 16 heavy (non-hydrogen) atoms. The van der Waals surface area contributed by atoms with Gasteiger partial charge in [-0.15, -0.1) is 0 Å². The van der Waals surface area contributed by atoms with E-state index in [1.54, 1.807) is 12.1 Å². The Kier molecular flexibility index (Phi) is 5.83. The molecular weight excluding hydrogens is 216 g/mol. The molecule has 0 bridgehead atoms. The molecule has 0 amide bonds. The Bertz CT molecular complexity index is 342. The maximum Gasteiger partial charge on any atom is 0.306 e. The number of aliphatic carboxylic acids is 2. The third-order valence-corrected chi connectivity index (χ3v) is 1.38. The van der Waals surface area contributed by atoms with Gasteiger partial charge in [-0.25, -0.2) is 0 Å². The molecule has 0 saturated heterocycles. The van der Waals surface area contributed by atoms with Crippen LogP contribution in [-0.4, -0.2) is 34.2 Å². The number of nitriles is 2. The number of hydrogen-bond acceptors (Lipinski definition) is 6. The number of nitrogens with zero attached hydrogens (tertiary/aromatic N) is 4. The quantitative estimate of drug-likeness (QED) is 0.614. The molecule has 0 aliphatic rings. The van der Waals surface area contributed by atoms with E-state index >= 15 is 0 Å². The molecule has 8 heteroatoms. The lowest BCUT2D eigenvalue weighted by atomic mass is 10.2. The number of carboxylic acids is 2. The normalized spacial score (nSPS) is 13.6. The highest BCUT2D eigenvalue weighted by Crippen LogP contribution is 2.03. The summed E-state index contributed by atoms with van der Waals surface area (Å²) < 4.78 is 0. The molecule has 2 N–H and O–H groups in total. The maximum atomic E-state index is 10.2. The Morgan fingerprint density at radius 3 is 1.50 bits per heavy atom. The average molecular weight is 224 g/mol. The summed E-state index contributed by atoms with van der Waals surface area (Å²) in [6, 6.07) is 0.723. The van der Waals surface area contributed by atoms with Gasteiger partial charge in [0.25, 0.3) is 0 Å². The monoisotopic (exact) mass is 224 g/mol. The highest BCUT2D eigenvalue weighted by atomic mass is 16.4. The van der Waals surface area contributed by atoms with E-state index in [9.17, 15) is 9.59 Å². The van der Waals surface area contributed by atoms with Crippen LogP contribution in [0, 0.1) is 22.7 Å². The van der Waals surface area contributed by atoms with Gasteiger partial charge in [-0.3, -0.25) is 9.59 Å². The molecule has 0 fully saturated rings. The topological polar surface area (TPSA) is 147 Å². The molecule has 0 aromatic rings. The standard InChI is InChI=1S/C8H8N4O4/c9-3-5(1-7(13)14)11-12-6(4-10)2-8(15)16/h5-6H,1-2H2,(H,13,14)(H,15,16). The molecule has 0 saturated carbocycles. The Hall–Kier alpha value is -2.48. The summed E-state index contributed by atoms with van der Waals surface area (Å²) >= 11 is 0. The van der Waals surface area contributed by atoms with Gasteiger partial charge in [0.15, 0.2) is 12.1 Å². The first-order valence-corrected chi connectivity index (χ1v) is 4.12. The van der Waals surface area contributed by atoms with Crippen molar-refractivity contribution in [1.29, 1.82) is 10.5 Å².